The summed E-state index contributed by atoms with van der Waals surface area (Å²) in [5, 5.41) is 8.80. The molecule has 0 aliphatic carbocycles. The molecule has 3 heterocycles. The summed E-state index contributed by atoms with van der Waals surface area (Å²) in [6, 6.07) is 1.89. The lowest BCUT2D eigenvalue weighted by Crippen LogP contribution is -2.55. The first-order valence-electron chi connectivity index (χ1n) is 10.9. The molecule has 0 bridgehead atoms. The molecule has 2 aromatic heterocycles. The van der Waals surface area contributed by atoms with E-state index in [0.29, 0.717) is 23.7 Å². The Balaban J connectivity index is 1.57. The van der Waals surface area contributed by atoms with Gasteiger partial charge in [-0.3, -0.25) is 10.1 Å². The smallest absolute Gasteiger partial charge is 0.321 e. The first kappa shape index (κ1) is 23.4. The Hall–Kier alpha value is -2.30. The van der Waals surface area contributed by atoms with E-state index in [2.05, 4.69) is 45.6 Å². The highest BCUT2D eigenvalue weighted by atomic mass is 28.3. The minimum atomic E-state index is -1.12. The summed E-state index contributed by atoms with van der Waals surface area (Å²) in [6.45, 7) is 10.5. The van der Waals surface area contributed by atoms with Crippen LogP contribution in [0.2, 0.25) is 25.7 Å². The van der Waals surface area contributed by atoms with Crippen molar-refractivity contribution in [2.75, 3.05) is 18.5 Å². The number of ketones is 1. The van der Waals surface area contributed by atoms with Crippen LogP contribution in [0.15, 0.2) is 18.5 Å². The maximum Gasteiger partial charge on any atom is 0.321 e. The van der Waals surface area contributed by atoms with E-state index in [9.17, 15) is 9.59 Å². The van der Waals surface area contributed by atoms with Crippen molar-refractivity contribution < 1.29 is 14.3 Å². The van der Waals surface area contributed by atoms with E-state index in [-0.39, 0.29) is 11.8 Å². The Bertz CT molecular complexity index is 904. The molecule has 1 aliphatic rings. The van der Waals surface area contributed by atoms with Crippen molar-refractivity contribution in [3.05, 3.63) is 18.5 Å². The molecule has 9 nitrogen and oxygen atoms in total. The largest absolute Gasteiger partial charge is 0.361 e. The van der Waals surface area contributed by atoms with Crippen LogP contribution >= 0.6 is 0 Å². The number of anilines is 1. The molecule has 1 aliphatic heterocycles. The number of carbonyl (C=O) groups is 2. The van der Waals surface area contributed by atoms with Crippen LogP contribution in [0.5, 0.6) is 0 Å². The van der Waals surface area contributed by atoms with Gasteiger partial charge in [0.05, 0.1) is 6.20 Å². The molecule has 2 atom stereocenters. The van der Waals surface area contributed by atoms with Gasteiger partial charge in [0, 0.05) is 26.9 Å². The lowest BCUT2D eigenvalue weighted by atomic mass is 9.95. The number of amides is 2. The van der Waals surface area contributed by atoms with Crippen LogP contribution in [0.4, 0.5) is 10.6 Å². The van der Waals surface area contributed by atoms with E-state index in [0.717, 1.165) is 38.5 Å². The van der Waals surface area contributed by atoms with Crippen molar-refractivity contribution in [2.45, 2.75) is 70.7 Å². The van der Waals surface area contributed by atoms with E-state index in [1.807, 2.05) is 16.8 Å². The number of hydrogen-bond donors (Lipinski definition) is 3. The molecule has 0 saturated carbocycles. The molecule has 2 unspecified atom stereocenters. The van der Waals surface area contributed by atoms with Gasteiger partial charge in [0.1, 0.15) is 18.3 Å². The molecular formula is C21H34N6O3Si. The lowest BCUT2D eigenvalue weighted by molar-refractivity contribution is -0.119. The first-order chi connectivity index (χ1) is 14.7. The Labute approximate surface area is 184 Å². The van der Waals surface area contributed by atoms with Crippen molar-refractivity contribution in [3.63, 3.8) is 0 Å². The van der Waals surface area contributed by atoms with E-state index >= 15 is 0 Å². The molecule has 2 amide bonds. The van der Waals surface area contributed by atoms with Gasteiger partial charge in [-0.2, -0.15) is 0 Å². The minimum absolute atomic E-state index is 0.0412. The van der Waals surface area contributed by atoms with Gasteiger partial charge in [-0.15, -0.1) is 0 Å². The highest BCUT2D eigenvalue weighted by Gasteiger charge is 2.28. The van der Waals surface area contributed by atoms with Crippen LogP contribution in [0.1, 0.15) is 26.2 Å². The fraction of sp³-hybridized carbons (Fsp3) is 0.619. The maximum atomic E-state index is 12.5. The zero-order valence-corrected chi connectivity index (χ0v) is 19.9. The number of fused-ring (bicyclic) bond motifs is 1. The summed E-state index contributed by atoms with van der Waals surface area (Å²) in [4.78, 5) is 33.4. The number of aromatic nitrogens is 3. The van der Waals surface area contributed by atoms with Gasteiger partial charge in [-0.1, -0.05) is 26.1 Å². The van der Waals surface area contributed by atoms with Gasteiger partial charge in [0.25, 0.3) is 0 Å². The second-order valence-electron chi connectivity index (χ2n) is 9.34. The van der Waals surface area contributed by atoms with Crippen LogP contribution in [0.3, 0.4) is 0 Å². The zero-order valence-electron chi connectivity index (χ0n) is 18.9. The van der Waals surface area contributed by atoms with Gasteiger partial charge in [0.15, 0.2) is 17.2 Å². The number of urea groups is 1. The third-order valence-corrected chi connectivity index (χ3v) is 7.11. The highest BCUT2D eigenvalue weighted by Crippen LogP contribution is 2.15. The van der Waals surface area contributed by atoms with Crippen molar-refractivity contribution in [1.29, 1.82) is 0 Å². The van der Waals surface area contributed by atoms with E-state index < -0.39 is 20.1 Å². The summed E-state index contributed by atoms with van der Waals surface area (Å²) in [5.74, 6) is 0.267. The van der Waals surface area contributed by atoms with Gasteiger partial charge in [0.2, 0.25) is 0 Å². The van der Waals surface area contributed by atoms with Crippen LogP contribution in [0, 0.1) is 0 Å². The van der Waals surface area contributed by atoms with Gasteiger partial charge in [-0.25, -0.2) is 14.8 Å². The Morgan fingerprint density at radius 2 is 2.16 bits per heavy atom. The molecule has 0 aromatic carbocycles. The molecule has 3 N–H and O–H groups in total. The quantitative estimate of drug-likeness (QED) is 0.403. The third-order valence-electron chi connectivity index (χ3n) is 5.41. The SMILES string of the molecule is CC(=O)C(NC(=O)Nc1cnc2c(ccn2COCC[Si](C)(C)C)n1)C1CCCCN1. The second-order valence-corrected chi connectivity index (χ2v) is 15.0. The Morgan fingerprint density at radius 3 is 2.84 bits per heavy atom. The monoisotopic (exact) mass is 446 g/mol. The predicted molar refractivity (Wildman–Crippen MR) is 124 cm³/mol. The van der Waals surface area contributed by atoms with E-state index in [1.165, 1.54) is 13.1 Å². The topological polar surface area (TPSA) is 110 Å². The minimum Gasteiger partial charge on any atom is -0.361 e. The van der Waals surface area contributed by atoms with Crippen molar-refractivity contribution >= 4 is 36.9 Å². The average Bonchev–Trinajstić information content (AvgIpc) is 3.11. The number of nitrogens with zero attached hydrogens (tertiary/aromatic N) is 3. The number of rotatable bonds is 9. The standard InChI is InChI=1S/C21H34N6O3Si/c1-15(28)19(16-7-5-6-9-22-16)26-21(29)25-18-13-23-20-17(24-18)8-10-27(20)14-30-11-12-31(2,3)4/h8,10,13,16,19,22H,5-7,9,11-12,14H2,1-4H3,(H2,24,25,26,29). The first-order valence-corrected chi connectivity index (χ1v) is 14.6. The summed E-state index contributed by atoms with van der Waals surface area (Å²) >= 11 is 0. The van der Waals surface area contributed by atoms with Crippen LogP contribution in [-0.2, 0) is 16.3 Å². The van der Waals surface area contributed by atoms with Crippen LogP contribution in [-0.4, -0.2) is 59.7 Å². The van der Waals surface area contributed by atoms with E-state index in [1.54, 1.807) is 0 Å². The number of hydrogen-bond acceptors (Lipinski definition) is 6. The van der Waals surface area contributed by atoms with Crippen molar-refractivity contribution in [3.8, 4) is 0 Å². The van der Waals surface area contributed by atoms with Crippen LogP contribution < -0.4 is 16.0 Å². The number of nitrogens with one attached hydrogen (secondary N) is 3. The van der Waals surface area contributed by atoms with E-state index in [4.69, 9.17) is 4.74 Å². The molecule has 170 valence electrons. The fourth-order valence-electron chi connectivity index (χ4n) is 3.61. The molecule has 1 fully saturated rings. The average molecular weight is 447 g/mol. The summed E-state index contributed by atoms with van der Waals surface area (Å²) in [5.41, 5.74) is 1.37. The van der Waals surface area contributed by atoms with Crippen LogP contribution in [0.25, 0.3) is 11.2 Å². The van der Waals surface area contributed by atoms with Gasteiger partial charge < -0.3 is 19.9 Å². The normalized spacial score (nSPS) is 18.0. The second kappa shape index (κ2) is 10.3. The van der Waals surface area contributed by atoms with Gasteiger partial charge in [-0.05, 0) is 38.4 Å². The lowest BCUT2D eigenvalue weighted by Gasteiger charge is -2.30. The molecule has 0 radical (unpaired) electrons. The third kappa shape index (κ3) is 6.84. The molecule has 10 heteroatoms. The number of Topliss-reactive ketones (excluding diaryl/α,β-unsaturated/α-hetero) is 1. The molecular weight excluding hydrogens is 412 g/mol. The molecule has 0 spiro atoms. The summed E-state index contributed by atoms with van der Waals surface area (Å²) < 4.78 is 7.69. The molecule has 3 rings (SSSR count). The van der Waals surface area contributed by atoms with Gasteiger partial charge >= 0.3 is 6.03 Å². The molecule has 1 saturated heterocycles. The summed E-state index contributed by atoms with van der Waals surface area (Å²) in [7, 11) is -1.12. The zero-order chi connectivity index (χ0) is 22.4. The number of piperidine rings is 1. The Kier molecular flexibility index (Phi) is 7.79. The predicted octanol–water partition coefficient (Wildman–Crippen LogP) is 2.96. The van der Waals surface area contributed by atoms with Crippen molar-refractivity contribution in [1.82, 2.24) is 25.2 Å². The Morgan fingerprint density at radius 1 is 1.35 bits per heavy atom. The number of ether oxygens (including phenoxy) is 1. The van der Waals surface area contributed by atoms with Crippen molar-refractivity contribution in [2.24, 2.45) is 0 Å². The fourth-order valence-corrected chi connectivity index (χ4v) is 4.37. The molecule has 31 heavy (non-hydrogen) atoms. The molecule has 2 aromatic rings. The number of carbonyl (C=O) groups excluding carboxylic acids is 2. The highest BCUT2D eigenvalue weighted by molar-refractivity contribution is 6.76. The maximum absolute atomic E-state index is 12.5. The summed E-state index contributed by atoms with van der Waals surface area (Å²) in [6.07, 6.45) is 6.40.